The summed E-state index contributed by atoms with van der Waals surface area (Å²) in [7, 11) is 1.96. The summed E-state index contributed by atoms with van der Waals surface area (Å²) in [4.78, 5) is 40.6. The molecule has 0 bridgehead atoms. The Balaban J connectivity index is 1.24. The van der Waals surface area contributed by atoms with Crippen LogP contribution in [0.1, 0.15) is 54.5 Å². The van der Waals surface area contributed by atoms with Crippen LogP contribution in [0.3, 0.4) is 0 Å². The van der Waals surface area contributed by atoms with Crippen molar-refractivity contribution in [3.8, 4) is 6.07 Å². The van der Waals surface area contributed by atoms with Gasteiger partial charge in [-0.25, -0.2) is 14.8 Å². The van der Waals surface area contributed by atoms with Gasteiger partial charge in [0, 0.05) is 61.7 Å². The van der Waals surface area contributed by atoms with E-state index in [4.69, 9.17) is 4.98 Å². The summed E-state index contributed by atoms with van der Waals surface area (Å²) >= 11 is 1.99. The van der Waals surface area contributed by atoms with Crippen LogP contribution in [0.5, 0.6) is 0 Å². The molecule has 1 aliphatic carbocycles. The topological polar surface area (TPSA) is 117 Å². The SMILES string of the molecule is Cc1nc2c(cc1CN1CCN(C)CC1=O)CCCN2C(=O)Nc1cc(NCCSC2CCCC2)c(C#N)cn1. The molecule has 2 aromatic rings. The second kappa shape index (κ2) is 12.9. The Morgan fingerprint density at radius 1 is 1.20 bits per heavy atom. The molecule has 40 heavy (non-hydrogen) atoms. The van der Waals surface area contributed by atoms with Crippen LogP contribution in [0, 0.1) is 18.3 Å². The van der Waals surface area contributed by atoms with E-state index in [0.717, 1.165) is 53.8 Å². The van der Waals surface area contributed by atoms with Crippen molar-refractivity contribution in [1.29, 1.82) is 5.26 Å². The lowest BCUT2D eigenvalue weighted by Crippen LogP contribution is -2.48. The molecule has 4 heterocycles. The lowest BCUT2D eigenvalue weighted by atomic mass is 10.0. The van der Waals surface area contributed by atoms with Crippen molar-refractivity contribution in [2.45, 2.75) is 57.2 Å². The van der Waals surface area contributed by atoms with Gasteiger partial charge >= 0.3 is 6.03 Å². The van der Waals surface area contributed by atoms with Crippen LogP contribution in [-0.2, 0) is 17.8 Å². The fraction of sp³-hybridized carbons (Fsp3) is 0.552. The highest BCUT2D eigenvalue weighted by molar-refractivity contribution is 7.99. The Morgan fingerprint density at radius 3 is 2.80 bits per heavy atom. The number of thioether (sulfide) groups is 1. The third kappa shape index (κ3) is 6.67. The average molecular weight is 563 g/mol. The van der Waals surface area contributed by atoms with Gasteiger partial charge in [0.1, 0.15) is 17.7 Å². The number of anilines is 3. The van der Waals surface area contributed by atoms with Gasteiger partial charge in [-0.1, -0.05) is 12.8 Å². The van der Waals surface area contributed by atoms with Crippen molar-refractivity contribution < 1.29 is 9.59 Å². The molecule has 1 saturated heterocycles. The van der Waals surface area contributed by atoms with Gasteiger partial charge < -0.3 is 10.2 Å². The molecule has 3 aliphatic rings. The summed E-state index contributed by atoms with van der Waals surface area (Å²) in [5.74, 6) is 2.15. The predicted molar refractivity (Wildman–Crippen MR) is 159 cm³/mol. The first kappa shape index (κ1) is 28.2. The van der Waals surface area contributed by atoms with Crippen molar-refractivity contribution in [3.63, 3.8) is 0 Å². The number of pyridine rings is 2. The van der Waals surface area contributed by atoms with E-state index in [9.17, 15) is 14.9 Å². The van der Waals surface area contributed by atoms with Gasteiger partial charge in [0.05, 0.1) is 17.8 Å². The summed E-state index contributed by atoms with van der Waals surface area (Å²) in [5.41, 5.74) is 3.99. The zero-order valence-corrected chi connectivity index (χ0v) is 24.2. The van der Waals surface area contributed by atoms with Crippen LogP contribution in [-0.4, -0.2) is 82.5 Å². The normalized spacial score (nSPS) is 18.0. The number of nitriles is 1. The quantitative estimate of drug-likeness (QED) is 0.464. The molecule has 2 fully saturated rings. The molecule has 10 nitrogen and oxygen atoms in total. The lowest BCUT2D eigenvalue weighted by molar-refractivity contribution is -0.136. The van der Waals surface area contributed by atoms with Gasteiger partial charge in [-0.15, -0.1) is 0 Å². The Bertz CT molecular complexity index is 1290. The lowest BCUT2D eigenvalue weighted by Gasteiger charge is -2.33. The number of carbonyl (C=O) groups is 2. The molecule has 2 aromatic heterocycles. The predicted octanol–water partition coefficient (Wildman–Crippen LogP) is 4.00. The standard InChI is InChI=1S/C29H38N8O2S/c1-20-22(18-36-12-11-35(2)19-27(36)38)14-21-6-5-10-37(28(21)33-20)29(39)34-26-15-25(23(16-30)17-32-26)31-9-13-40-24-7-3-4-8-24/h14-15,17,24H,3-13,18-19H2,1-2H3,(H2,31,32,34,39). The first-order chi connectivity index (χ1) is 19.4. The highest BCUT2D eigenvalue weighted by Crippen LogP contribution is 2.30. The minimum atomic E-state index is -0.296. The van der Waals surface area contributed by atoms with Crippen LogP contribution in [0.2, 0.25) is 0 Å². The van der Waals surface area contributed by atoms with Gasteiger partial charge in [0.25, 0.3) is 0 Å². The largest absolute Gasteiger partial charge is 0.383 e. The molecular formula is C29H38N8O2S. The summed E-state index contributed by atoms with van der Waals surface area (Å²) in [6, 6.07) is 5.73. The number of urea groups is 1. The smallest absolute Gasteiger partial charge is 0.328 e. The maximum atomic E-state index is 13.4. The molecule has 3 amide bonds. The number of likely N-dealkylation sites (N-methyl/N-ethyl adjacent to an activating group) is 1. The first-order valence-electron chi connectivity index (χ1n) is 14.2. The van der Waals surface area contributed by atoms with Gasteiger partial charge in [-0.05, 0) is 56.8 Å². The van der Waals surface area contributed by atoms with E-state index in [1.165, 1.54) is 31.9 Å². The fourth-order valence-corrected chi connectivity index (χ4v) is 6.81. The molecular weight excluding hydrogens is 524 g/mol. The highest BCUT2D eigenvalue weighted by atomic mass is 32.2. The molecule has 0 aromatic carbocycles. The van der Waals surface area contributed by atoms with Gasteiger partial charge in [-0.2, -0.15) is 17.0 Å². The van der Waals surface area contributed by atoms with Crippen LogP contribution < -0.4 is 15.5 Å². The highest BCUT2D eigenvalue weighted by Gasteiger charge is 2.27. The Labute approximate surface area is 240 Å². The fourth-order valence-electron chi connectivity index (χ4n) is 5.59. The third-order valence-corrected chi connectivity index (χ3v) is 9.29. The Morgan fingerprint density at radius 2 is 2.02 bits per heavy atom. The van der Waals surface area contributed by atoms with E-state index in [2.05, 4.69) is 27.8 Å². The number of carbonyl (C=O) groups excluding carboxylic acids is 2. The monoisotopic (exact) mass is 562 g/mol. The first-order valence-corrected chi connectivity index (χ1v) is 15.3. The number of hydrogen-bond acceptors (Lipinski definition) is 8. The van der Waals surface area contributed by atoms with E-state index in [1.54, 1.807) is 11.0 Å². The number of rotatable bonds is 8. The number of nitrogens with one attached hydrogen (secondary N) is 2. The van der Waals surface area contributed by atoms with Crippen LogP contribution in [0.15, 0.2) is 18.3 Å². The van der Waals surface area contributed by atoms with Gasteiger partial charge in [0.2, 0.25) is 5.91 Å². The zero-order chi connectivity index (χ0) is 28.1. The minimum absolute atomic E-state index is 0.128. The number of fused-ring (bicyclic) bond motifs is 1. The molecule has 2 N–H and O–H groups in total. The van der Waals surface area contributed by atoms with Crippen LogP contribution >= 0.6 is 11.8 Å². The average Bonchev–Trinajstić information content (AvgIpc) is 3.46. The second-order valence-electron chi connectivity index (χ2n) is 10.9. The molecule has 1 saturated carbocycles. The molecule has 0 unspecified atom stereocenters. The molecule has 5 rings (SSSR count). The van der Waals surface area contributed by atoms with E-state index in [-0.39, 0.29) is 11.9 Å². The number of aryl methyl sites for hydroxylation is 2. The van der Waals surface area contributed by atoms with E-state index in [0.29, 0.717) is 49.1 Å². The van der Waals surface area contributed by atoms with Crippen molar-refractivity contribution in [2.24, 2.45) is 0 Å². The Kier molecular flexibility index (Phi) is 9.07. The number of amides is 3. The van der Waals surface area contributed by atoms with Gasteiger partial charge in [0.15, 0.2) is 0 Å². The maximum Gasteiger partial charge on any atom is 0.328 e. The van der Waals surface area contributed by atoms with Crippen molar-refractivity contribution in [2.75, 3.05) is 61.1 Å². The van der Waals surface area contributed by atoms with E-state index >= 15 is 0 Å². The molecule has 0 radical (unpaired) electrons. The maximum absolute atomic E-state index is 13.4. The van der Waals surface area contributed by atoms with Gasteiger partial charge in [-0.3, -0.25) is 19.9 Å². The minimum Gasteiger partial charge on any atom is -0.383 e. The molecule has 2 aliphatic heterocycles. The van der Waals surface area contributed by atoms with E-state index < -0.39 is 0 Å². The summed E-state index contributed by atoms with van der Waals surface area (Å²) in [6.45, 7) is 5.77. The number of hydrogen-bond donors (Lipinski definition) is 2. The summed E-state index contributed by atoms with van der Waals surface area (Å²) in [5, 5.41) is 16.6. The number of aromatic nitrogens is 2. The third-order valence-electron chi connectivity index (χ3n) is 7.91. The molecule has 0 spiro atoms. The zero-order valence-electron chi connectivity index (χ0n) is 23.4. The number of piperazine rings is 1. The molecule has 11 heteroatoms. The van der Waals surface area contributed by atoms with Crippen LogP contribution in [0.25, 0.3) is 0 Å². The second-order valence-corrected chi connectivity index (χ2v) is 12.3. The number of nitrogens with zero attached hydrogens (tertiary/aromatic N) is 6. The summed E-state index contributed by atoms with van der Waals surface area (Å²) < 4.78 is 0. The van der Waals surface area contributed by atoms with Crippen molar-refractivity contribution in [3.05, 3.63) is 40.7 Å². The van der Waals surface area contributed by atoms with Crippen molar-refractivity contribution >= 4 is 41.0 Å². The molecule has 0 atom stereocenters. The summed E-state index contributed by atoms with van der Waals surface area (Å²) in [6.07, 6.45) is 8.40. The molecule has 212 valence electrons. The van der Waals surface area contributed by atoms with E-state index in [1.807, 2.05) is 35.5 Å². The Hall–Kier alpha value is -3.36. The van der Waals surface area contributed by atoms with Crippen molar-refractivity contribution in [1.82, 2.24) is 19.8 Å². The van der Waals surface area contributed by atoms with Crippen LogP contribution in [0.4, 0.5) is 22.1 Å².